The van der Waals surface area contributed by atoms with Gasteiger partial charge in [0.25, 0.3) is 0 Å². The van der Waals surface area contributed by atoms with Crippen LogP contribution >= 0.6 is 15.9 Å². The summed E-state index contributed by atoms with van der Waals surface area (Å²) in [6.07, 6.45) is 0. The lowest BCUT2D eigenvalue weighted by molar-refractivity contribution is -0.140. The van der Waals surface area contributed by atoms with Crippen molar-refractivity contribution < 1.29 is 14.7 Å². The smallest absolute Gasteiger partial charge is 0.328 e. The predicted molar refractivity (Wildman–Crippen MR) is 65.9 cm³/mol. The fourth-order valence-corrected chi connectivity index (χ4v) is 2.20. The Labute approximate surface area is 107 Å². The van der Waals surface area contributed by atoms with E-state index in [0.29, 0.717) is 5.69 Å². The van der Waals surface area contributed by atoms with Crippen molar-refractivity contribution in [2.24, 2.45) is 0 Å². The van der Waals surface area contributed by atoms with E-state index in [-0.39, 0.29) is 19.0 Å². The summed E-state index contributed by atoms with van der Waals surface area (Å²) in [4.78, 5) is 24.3. The third-order valence-electron chi connectivity index (χ3n) is 2.57. The molecule has 2 N–H and O–H groups in total. The molecule has 0 aliphatic carbocycles. The summed E-state index contributed by atoms with van der Waals surface area (Å²) in [5, 5.41) is 11.9. The molecule has 1 aliphatic rings. The van der Waals surface area contributed by atoms with Gasteiger partial charge in [0.15, 0.2) is 0 Å². The molecule has 17 heavy (non-hydrogen) atoms. The van der Waals surface area contributed by atoms with Gasteiger partial charge >= 0.3 is 5.97 Å². The van der Waals surface area contributed by atoms with Crippen molar-refractivity contribution in [3.63, 3.8) is 0 Å². The van der Waals surface area contributed by atoms with E-state index < -0.39 is 12.0 Å². The quantitative estimate of drug-likeness (QED) is 0.849. The summed E-state index contributed by atoms with van der Waals surface area (Å²) >= 11 is 3.30. The number of carbonyl (C=O) groups excluding carboxylic acids is 1. The molecule has 0 spiro atoms. The lowest BCUT2D eigenvalue weighted by Gasteiger charge is -2.33. The van der Waals surface area contributed by atoms with Crippen LogP contribution in [0, 0.1) is 0 Å². The molecule has 1 atom stereocenters. The van der Waals surface area contributed by atoms with Gasteiger partial charge in [0.05, 0.1) is 6.54 Å². The Morgan fingerprint density at radius 2 is 2.29 bits per heavy atom. The van der Waals surface area contributed by atoms with Gasteiger partial charge in [0.1, 0.15) is 6.04 Å². The second-order valence-electron chi connectivity index (χ2n) is 3.73. The number of hydrogen-bond acceptors (Lipinski definition) is 3. The van der Waals surface area contributed by atoms with Crippen molar-refractivity contribution in [3.05, 3.63) is 28.7 Å². The summed E-state index contributed by atoms with van der Waals surface area (Å²) in [6.45, 7) is 0.421. The molecule has 1 amide bonds. The van der Waals surface area contributed by atoms with Gasteiger partial charge < -0.3 is 10.4 Å². The van der Waals surface area contributed by atoms with E-state index >= 15 is 0 Å². The van der Waals surface area contributed by atoms with Crippen molar-refractivity contribution in [1.82, 2.24) is 5.32 Å². The first-order valence-electron chi connectivity index (χ1n) is 5.11. The minimum absolute atomic E-state index is 0.163. The number of hydrogen-bond donors (Lipinski definition) is 2. The van der Waals surface area contributed by atoms with Crippen molar-refractivity contribution in [2.75, 3.05) is 18.0 Å². The molecule has 0 aromatic heterocycles. The van der Waals surface area contributed by atoms with Crippen LogP contribution < -0.4 is 10.2 Å². The van der Waals surface area contributed by atoms with Crippen LogP contribution in [-0.4, -0.2) is 36.1 Å². The molecule has 1 aliphatic heterocycles. The monoisotopic (exact) mass is 298 g/mol. The SMILES string of the molecule is O=C(O)C1CNCC(=O)N1c1cccc(Br)c1. The minimum Gasteiger partial charge on any atom is -0.480 e. The largest absolute Gasteiger partial charge is 0.480 e. The summed E-state index contributed by atoms with van der Waals surface area (Å²) < 4.78 is 0.811. The van der Waals surface area contributed by atoms with Crippen LogP contribution in [0.4, 0.5) is 5.69 Å². The lowest BCUT2D eigenvalue weighted by Crippen LogP contribution is -2.58. The van der Waals surface area contributed by atoms with Crippen LogP contribution in [0.15, 0.2) is 28.7 Å². The summed E-state index contributed by atoms with van der Waals surface area (Å²) in [5.41, 5.74) is 0.596. The molecule has 1 aromatic rings. The Hall–Kier alpha value is -1.40. The number of piperazine rings is 1. The summed E-state index contributed by atoms with van der Waals surface area (Å²) in [6, 6.07) is 6.20. The van der Waals surface area contributed by atoms with Crippen molar-refractivity contribution in [2.45, 2.75) is 6.04 Å². The molecule has 1 unspecified atom stereocenters. The normalized spacial score (nSPS) is 20.4. The van der Waals surface area contributed by atoms with Gasteiger partial charge in [-0.1, -0.05) is 22.0 Å². The van der Waals surface area contributed by atoms with E-state index in [1.54, 1.807) is 18.2 Å². The number of anilines is 1. The molecule has 5 nitrogen and oxygen atoms in total. The molecule has 1 aromatic carbocycles. The van der Waals surface area contributed by atoms with Gasteiger partial charge in [0.2, 0.25) is 5.91 Å². The van der Waals surface area contributed by atoms with Crippen molar-refractivity contribution in [3.8, 4) is 0 Å². The fourth-order valence-electron chi connectivity index (χ4n) is 1.81. The maximum Gasteiger partial charge on any atom is 0.328 e. The van der Waals surface area contributed by atoms with Crippen molar-refractivity contribution >= 4 is 33.5 Å². The number of benzene rings is 1. The van der Waals surface area contributed by atoms with E-state index in [0.717, 1.165) is 4.47 Å². The molecule has 2 rings (SSSR count). The number of rotatable bonds is 2. The van der Waals surface area contributed by atoms with E-state index in [9.17, 15) is 9.59 Å². The van der Waals surface area contributed by atoms with Gasteiger partial charge in [-0.05, 0) is 18.2 Å². The molecule has 0 saturated carbocycles. The van der Waals surface area contributed by atoms with Crippen LogP contribution in [0.5, 0.6) is 0 Å². The molecule has 90 valence electrons. The highest BCUT2D eigenvalue weighted by atomic mass is 79.9. The topological polar surface area (TPSA) is 69.6 Å². The minimum atomic E-state index is -1.01. The third kappa shape index (κ3) is 2.48. The first kappa shape index (κ1) is 12.1. The van der Waals surface area contributed by atoms with Crippen LogP contribution in [0.2, 0.25) is 0 Å². The average Bonchev–Trinajstić information content (AvgIpc) is 2.28. The number of carboxylic acid groups (broad SMARTS) is 1. The third-order valence-corrected chi connectivity index (χ3v) is 3.06. The Bertz CT molecular complexity index is 464. The lowest BCUT2D eigenvalue weighted by atomic mass is 10.1. The second-order valence-corrected chi connectivity index (χ2v) is 4.64. The summed E-state index contributed by atoms with van der Waals surface area (Å²) in [7, 11) is 0. The Morgan fingerprint density at radius 1 is 1.53 bits per heavy atom. The Kier molecular flexibility index (Phi) is 3.44. The van der Waals surface area contributed by atoms with Gasteiger partial charge in [-0.25, -0.2) is 4.79 Å². The number of amides is 1. The van der Waals surface area contributed by atoms with Gasteiger partial charge in [-0.15, -0.1) is 0 Å². The zero-order valence-corrected chi connectivity index (χ0v) is 10.5. The zero-order chi connectivity index (χ0) is 12.4. The fraction of sp³-hybridized carbons (Fsp3) is 0.273. The molecular weight excluding hydrogens is 288 g/mol. The first-order chi connectivity index (χ1) is 8.09. The van der Waals surface area contributed by atoms with Crippen LogP contribution in [-0.2, 0) is 9.59 Å². The number of aliphatic carboxylic acids is 1. The zero-order valence-electron chi connectivity index (χ0n) is 8.89. The highest BCUT2D eigenvalue weighted by Crippen LogP contribution is 2.23. The first-order valence-corrected chi connectivity index (χ1v) is 5.90. The number of halogens is 1. The Balaban J connectivity index is 2.38. The standard InChI is InChI=1S/C11H11BrN2O3/c12-7-2-1-3-8(4-7)14-9(11(16)17)5-13-6-10(14)15/h1-4,9,13H,5-6H2,(H,16,17). The molecule has 1 saturated heterocycles. The van der Waals surface area contributed by atoms with E-state index in [1.807, 2.05) is 6.07 Å². The molecule has 0 radical (unpaired) electrons. The van der Waals surface area contributed by atoms with Crippen LogP contribution in [0.3, 0.4) is 0 Å². The van der Waals surface area contributed by atoms with E-state index in [1.165, 1.54) is 4.90 Å². The maximum atomic E-state index is 11.8. The Morgan fingerprint density at radius 3 is 2.94 bits per heavy atom. The molecule has 6 heteroatoms. The van der Waals surface area contributed by atoms with Gasteiger partial charge in [-0.3, -0.25) is 9.69 Å². The number of carboxylic acids is 1. The second kappa shape index (κ2) is 4.85. The average molecular weight is 299 g/mol. The summed E-state index contributed by atoms with van der Waals surface area (Å²) in [5.74, 6) is -1.24. The molecular formula is C11H11BrN2O3. The number of carbonyl (C=O) groups is 2. The highest BCUT2D eigenvalue weighted by molar-refractivity contribution is 9.10. The van der Waals surface area contributed by atoms with Gasteiger partial charge in [-0.2, -0.15) is 0 Å². The maximum absolute atomic E-state index is 11.8. The number of nitrogens with one attached hydrogen (secondary N) is 1. The predicted octanol–water partition coefficient (Wildman–Crippen LogP) is 0.839. The van der Waals surface area contributed by atoms with Crippen molar-refractivity contribution in [1.29, 1.82) is 0 Å². The van der Waals surface area contributed by atoms with E-state index in [2.05, 4.69) is 21.2 Å². The van der Waals surface area contributed by atoms with Crippen LogP contribution in [0.1, 0.15) is 0 Å². The highest BCUT2D eigenvalue weighted by Gasteiger charge is 2.34. The molecule has 1 heterocycles. The molecule has 1 fully saturated rings. The van der Waals surface area contributed by atoms with Crippen LogP contribution in [0.25, 0.3) is 0 Å². The molecule has 0 bridgehead atoms. The number of nitrogens with zero attached hydrogens (tertiary/aromatic N) is 1. The van der Waals surface area contributed by atoms with Gasteiger partial charge in [0, 0.05) is 16.7 Å². The van der Waals surface area contributed by atoms with E-state index in [4.69, 9.17) is 5.11 Å².